The summed E-state index contributed by atoms with van der Waals surface area (Å²) in [7, 11) is 4.05. The van der Waals surface area contributed by atoms with Gasteiger partial charge in [-0.2, -0.15) is 0 Å². The van der Waals surface area contributed by atoms with Crippen molar-refractivity contribution in [2.24, 2.45) is 0 Å². The lowest BCUT2D eigenvalue weighted by molar-refractivity contribution is -0.116. The normalized spacial score (nSPS) is 10.2. The van der Waals surface area contributed by atoms with Crippen molar-refractivity contribution in [2.45, 2.75) is 26.2 Å². The van der Waals surface area contributed by atoms with Crippen molar-refractivity contribution in [1.82, 2.24) is 0 Å². The van der Waals surface area contributed by atoms with E-state index in [4.69, 9.17) is 0 Å². The van der Waals surface area contributed by atoms with Crippen LogP contribution in [0.3, 0.4) is 0 Å². The molecule has 4 nitrogen and oxygen atoms in total. The number of carbonyl (C=O) groups is 1. The van der Waals surface area contributed by atoms with Crippen LogP contribution >= 0.6 is 0 Å². The Morgan fingerprint density at radius 3 is 1.96 bits per heavy atom. The largest absolute Gasteiger partial charge is 0.378 e. The number of nitrogens with zero attached hydrogens (tertiary/aromatic N) is 1. The van der Waals surface area contributed by atoms with Crippen molar-refractivity contribution >= 4 is 28.7 Å². The van der Waals surface area contributed by atoms with Crippen LogP contribution in [0, 0.1) is 0 Å². The Labute approximate surface area is 138 Å². The molecule has 0 heterocycles. The number of hydrogen-bond donors (Lipinski definition) is 2. The average molecular weight is 311 g/mol. The van der Waals surface area contributed by atoms with E-state index in [1.165, 1.54) is 5.69 Å². The van der Waals surface area contributed by atoms with Crippen LogP contribution in [0.1, 0.15) is 26.2 Å². The zero-order chi connectivity index (χ0) is 16.7. The van der Waals surface area contributed by atoms with Gasteiger partial charge in [0.25, 0.3) is 0 Å². The predicted octanol–water partition coefficient (Wildman–Crippen LogP) is 4.62. The summed E-state index contributed by atoms with van der Waals surface area (Å²) in [5.41, 5.74) is 4.03. The molecule has 2 aromatic carbocycles. The minimum atomic E-state index is 0.0758. The molecule has 122 valence electrons. The molecule has 0 bridgehead atoms. The van der Waals surface area contributed by atoms with Gasteiger partial charge in [0.15, 0.2) is 0 Å². The van der Waals surface area contributed by atoms with Crippen LogP contribution in [0.4, 0.5) is 22.7 Å². The number of anilines is 4. The lowest BCUT2D eigenvalue weighted by Crippen LogP contribution is -2.10. The summed E-state index contributed by atoms with van der Waals surface area (Å²) in [6.07, 6.45) is 2.53. The summed E-state index contributed by atoms with van der Waals surface area (Å²) >= 11 is 0. The number of amides is 1. The van der Waals surface area contributed by atoms with Gasteiger partial charge in [-0.05, 0) is 55.0 Å². The Morgan fingerprint density at radius 2 is 1.43 bits per heavy atom. The van der Waals surface area contributed by atoms with Gasteiger partial charge in [-0.3, -0.25) is 4.79 Å². The number of nitrogens with one attached hydrogen (secondary N) is 2. The number of rotatable bonds is 7. The first-order chi connectivity index (χ1) is 11.1. The van der Waals surface area contributed by atoms with Crippen LogP contribution in [0.25, 0.3) is 0 Å². The Hall–Kier alpha value is -2.49. The van der Waals surface area contributed by atoms with Gasteiger partial charge in [-0.15, -0.1) is 0 Å². The lowest BCUT2D eigenvalue weighted by Gasteiger charge is -2.13. The first kappa shape index (κ1) is 16.9. The van der Waals surface area contributed by atoms with E-state index in [9.17, 15) is 4.79 Å². The molecular formula is C19H25N3O. The molecule has 0 fully saturated rings. The van der Waals surface area contributed by atoms with Crippen LogP contribution in [-0.4, -0.2) is 20.0 Å². The number of unbranched alkanes of at least 4 members (excludes halogenated alkanes) is 1. The third-order valence-corrected chi connectivity index (χ3v) is 3.60. The van der Waals surface area contributed by atoms with E-state index in [2.05, 4.69) is 46.7 Å². The van der Waals surface area contributed by atoms with Gasteiger partial charge in [0.1, 0.15) is 0 Å². The van der Waals surface area contributed by atoms with Crippen LogP contribution in [0.5, 0.6) is 0 Å². The molecule has 0 aliphatic rings. The van der Waals surface area contributed by atoms with Gasteiger partial charge in [0.05, 0.1) is 0 Å². The van der Waals surface area contributed by atoms with Crippen LogP contribution in [0.2, 0.25) is 0 Å². The molecule has 0 spiro atoms. The summed E-state index contributed by atoms with van der Waals surface area (Å²) in [6.45, 7) is 2.08. The molecule has 0 aliphatic carbocycles. The fourth-order valence-electron chi connectivity index (χ4n) is 2.21. The van der Waals surface area contributed by atoms with Gasteiger partial charge < -0.3 is 15.5 Å². The van der Waals surface area contributed by atoms with Gasteiger partial charge in [0, 0.05) is 43.3 Å². The molecule has 0 aromatic heterocycles. The van der Waals surface area contributed by atoms with Crippen LogP contribution < -0.4 is 15.5 Å². The van der Waals surface area contributed by atoms with Gasteiger partial charge in [-0.25, -0.2) is 0 Å². The molecule has 0 atom stereocenters. The molecule has 0 radical (unpaired) electrons. The first-order valence-electron chi connectivity index (χ1n) is 8.03. The van der Waals surface area contributed by atoms with Crippen molar-refractivity contribution in [3.05, 3.63) is 48.5 Å². The monoisotopic (exact) mass is 311 g/mol. The molecule has 2 aromatic rings. The van der Waals surface area contributed by atoms with Crippen molar-refractivity contribution < 1.29 is 4.79 Å². The van der Waals surface area contributed by atoms with E-state index < -0.39 is 0 Å². The second-order valence-corrected chi connectivity index (χ2v) is 5.80. The number of carbonyl (C=O) groups excluding carboxylic acids is 1. The summed E-state index contributed by atoms with van der Waals surface area (Å²) in [6, 6.07) is 16.0. The topological polar surface area (TPSA) is 44.4 Å². The fraction of sp³-hybridized carbons (Fsp3) is 0.316. The van der Waals surface area contributed by atoms with Gasteiger partial charge >= 0.3 is 0 Å². The van der Waals surface area contributed by atoms with E-state index in [1.54, 1.807) is 0 Å². The van der Waals surface area contributed by atoms with Crippen LogP contribution in [-0.2, 0) is 4.79 Å². The molecular weight excluding hydrogens is 286 g/mol. The summed E-state index contributed by atoms with van der Waals surface area (Å²) in [5, 5.41) is 6.27. The fourth-order valence-corrected chi connectivity index (χ4v) is 2.21. The maximum atomic E-state index is 11.7. The minimum absolute atomic E-state index is 0.0758. The summed E-state index contributed by atoms with van der Waals surface area (Å²) in [5.74, 6) is 0.0758. The highest BCUT2D eigenvalue weighted by Crippen LogP contribution is 2.21. The average Bonchev–Trinajstić information content (AvgIpc) is 2.55. The maximum Gasteiger partial charge on any atom is 0.224 e. The molecule has 2 rings (SSSR count). The smallest absolute Gasteiger partial charge is 0.224 e. The first-order valence-corrected chi connectivity index (χ1v) is 8.03. The highest BCUT2D eigenvalue weighted by molar-refractivity contribution is 5.90. The second kappa shape index (κ2) is 8.22. The van der Waals surface area contributed by atoms with Crippen molar-refractivity contribution in [3.63, 3.8) is 0 Å². The lowest BCUT2D eigenvalue weighted by atomic mass is 10.2. The van der Waals surface area contributed by atoms with Crippen LogP contribution in [0.15, 0.2) is 48.5 Å². The number of hydrogen-bond acceptors (Lipinski definition) is 3. The summed E-state index contributed by atoms with van der Waals surface area (Å²) in [4.78, 5) is 13.8. The molecule has 2 N–H and O–H groups in total. The Bertz CT molecular complexity index is 618. The third kappa shape index (κ3) is 5.33. The Kier molecular flexibility index (Phi) is 6.03. The third-order valence-electron chi connectivity index (χ3n) is 3.60. The maximum absolute atomic E-state index is 11.7. The summed E-state index contributed by atoms with van der Waals surface area (Å²) < 4.78 is 0. The van der Waals surface area contributed by atoms with E-state index in [0.717, 1.165) is 29.9 Å². The Morgan fingerprint density at radius 1 is 0.913 bits per heavy atom. The van der Waals surface area contributed by atoms with E-state index >= 15 is 0 Å². The second-order valence-electron chi connectivity index (χ2n) is 5.80. The van der Waals surface area contributed by atoms with Crippen molar-refractivity contribution in [3.8, 4) is 0 Å². The molecule has 0 saturated carbocycles. The van der Waals surface area contributed by atoms with Gasteiger partial charge in [0.2, 0.25) is 5.91 Å². The van der Waals surface area contributed by atoms with E-state index in [-0.39, 0.29) is 5.91 Å². The SMILES string of the molecule is CCCCC(=O)Nc1ccc(Nc2ccc(N(C)C)cc2)cc1. The zero-order valence-corrected chi connectivity index (χ0v) is 14.1. The highest BCUT2D eigenvalue weighted by Gasteiger charge is 2.02. The van der Waals surface area contributed by atoms with Crippen molar-refractivity contribution in [2.75, 3.05) is 29.6 Å². The van der Waals surface area contributed by atoms with E-state index in [1.807, 2.05) is 38.4 Å². The standard InChI is InChI=1S/C19H25N3O/c1-4-5-6-19(23)21-17-9-7-15(8-10-17)20-16-11-13-18(14-12-16)22(2)3/h7-14,20H,4-6H2,1-3H3,(H,21,23). The molecule has 0 aliphatic heterocycles. The molecule has 4 heteroatoms. The predicted molar refractivity (Wildman–Crippen MR) is 98.6 cm³/mol. The quantitative estimate of drug-likeness (QED) is 0.784. The molecule has 23 heavy (non-hydrogen) atoms. The zero-order valence-electron chi connectivity index (χ0n) is 14.1. The highest BCUT2D eigenvalue weighted by atomic mass is 16.1. The van der Waals surface area contributed by atoms with Crippen molar-refractivity contribution in [1.29, 1.82) is 0 Å². The molecule has 0 unspecified atom stereocenters. The molecule has 0 saturated heterocycles. The van der Waals surface area contributed by atoms with Gasteiger partial charge in [-0.1, -0.05) is 13.3 Å². The molecule has 1 amide bonds. The minimum Gasteiger partial charge on any atom is -0.378 e. The number of benzene rings is 2. The Balaban J connectivity index is 1.93. The van der Waals surface area contributed by atoms with E-state index in [0.29, 0.717) is 6.42 Å².